The minimum atomic E-state index is -0.258. The maximum absolute atomic E-state index is 10.1. The van der Waals surface area contributed by atoms with E-state index >= 15 is 0 Å². The highest BCUT2D eigenvalue weighted by atomic mass is 32.1. The Kier molecular flexibility index (Phi) is 3.59. The Morgan fingerprint density at radius 2 is 2.43 bits per heavy atom. The van der Waals surface area contributed by atoms with E-state index in [1.807, 2.05) is 6.92 Å². The van der Waals surface area contributed by atoms with Crippen LogP contribution in [0.4, 0.5) is 4.79 Å². The molecule has 0 fully saturated rings. The highest BCUT2D eigenvalue weighted by Crippen LogP contribution is 1.62. The zero-order valence-corrected chi connectivity index (χ0v) is 4.96. The minimum Gasteiger partial charge on any atom is -0.338 e. The lowest BCUT2D eigenvalue weighted by Gasteiger charge is -1.95. The number of carbonyl (C=O) groups excluding carboxylic acids is 1. The van der Waals surface area contributed by atoms with Crippen molar-refractivity contribution in [2.45, 2.75) is 6.92 Å². The second-order valence-corrected chi connectivity index (χ2v) is 1.19. The Hall–Kier alpha value is -0.380. The molecule has 0 radical (unpaired) electrons. The Bertz CT molecular complexity index is 66.0. The van der Waals surface area contributed by atoms with Gasteiger partial charge in [-0.1, -0.05) is 12.8 Å². The standard InChI is InChI=1S/C3H8N2OS/c1-2-4-3(6)5-7/h7H,2H2,1H3,(H2,4,5,6). The van der Waals surface area contributed by atoms with Gasteiger partial charge < -0.3 is 5.32 Å². The minimum absolute atomic E-state index is 0.258. The smallest absolute Gasteiger partial charge is 0.324 e. The summed E-state index contributed by atoms with van der Waals surface area (Å²) >= 11 is 3.49. The molecule has 0 unspecified atom stereocenters. The molecule has 0 aromatic rings. The van der Waals surface area contributed by atoms with Gasteiger partial charge in [-0.05, 0) is 6.92 Å². The lowest BCUT2D eigenvalue weighted by atomic mass is 10.7. The van der Waals surface area contributed by atoms with Gasteiger partial charge in [-0.15, -0.1) is 0 Å². The van der Waals surface area contributed by atoms with E-state index in [4.69, 9.17) is 0 Å². The van der Waals surface area contributed by atoms with Crippen molar-refractivity contribution in [1.29, 1.82) is 0 Å². The van der Waals surface area contributed by atoms with E-state index in [1.165, 1.54) is 0 Å². The van der Waals surface area contributed by atoms with Crippen LogP contribution in [0, 0.1) is 0 Å². The van der Waals surface area contributed by atoms with Crippen LogP contribution in [0.2, 0.25) is 0 Å². The molecule has 4 heteroatoms. The van der Waals surface area contributed by atoms with Crippen molar-refractivity contribution in [3.05, 3.63) is 0 Å². The number of urea groups is 1. The summed E-state index contributed by atoms with van der Waals surface area (Å²) in [7, 11) is 0. The fourth-order valence-electron chi connectivity index (χ4n) is 0.200. The highest BCUT2D eigenvalue weighted by molar-refractivity contribution is 7.78. The summed E-state index contributed by atoms with van der Waals surface area (Å²) < 4.78 is 2.11. The maximum Gasteiger partial charge on any atom is 0.324 e. The Balaban J connectivity index is 3.00. The van der Waals surface area contributed by atoms with Crippen molar-refractivity contribution in [2.75, 3.05) is 6.54 Å². The molecule has 0 bridgehead atoms. The van der Waals surface area contributed by atoms with Crippen LogP contribution in [-0.2, 0) is 0 Å². The number of thiol groups is 1. The highest BCUT2D eigenvalue weighted by Gasteiger charge is 1.87. The summed E-state index contributed by atoms with van der Waals surface area (Å²) in [4.78, 5) is 10.1. The molecule has 0 aliphatic heterocycles. The molecule has 2 amide bonds. The van der Waals surface area contributed by atoms with Gasteiger partial charge in [0.25, 0.3) is 0 Å². The van der Waals surface area contributed by atoms with E-state index in [9.17, 15) is 4.79 Å². The van der Waals surface area contributed by atoms with Crippen molar-refractivity contribution < 1.29 is 4.79 Å². The van der Waals surface area contributed by atoms with Crippen molar-refractivity contribution >= 4 is 18.8 Å². The van der Waals surface area contributed by atoms with Crippen molar-refractivity contribution in [2.24, 2.45) is 0 Å². The molecule has 0 aromatic carbocycles. The van der Waals surface area contributed by atoms with E-state index in [0.29, 0.717) is 6.54 Å². The Labute approximate surface area is 48.0 Å². The molecule has 0 atom stereocenters. The molecule has 0 heterocycles. The van der Waals surface area contributed by atoms with Gasteiger partial charge in [0.15, 0.2) is 0 Å². The van der Waals surface area contributed by atoms with Crippen LogP contribution in [0.25, 0.3) is 0 Å². The first kappa shape index (κ1) is 6.62. The van der Waals surface area contributed by atoms with E-state index in [-0.39, 0.29) is 6.03 Å². The largest absolute Gasteiger partial charge is 0.338 e. The van der Waals surface area contributed by atoms with Crippen LogP contribution in [0.5, 0.6) is 0 Å². The molecular weight excluding hydrogens is 112 g/mol. The molecule has 0 saturated carbocycles. The average Bonchev–Trinajstić information content (AvgIpc) is 1.68. The normalized spacial score (nSPS) is 7.71. The van der Waals surface area contributed by atoms with Crippen LogP contribution in [-0.4, -0.2) is 12.6 Å². The van der Waals surface area contributed by atoms with Crippen LogP contribution in [0.1, 0.15) is 6.92 Å². The Morgan fingerprint density at radius 1 is 1.86 bits per heavy atom. The molecule has 0 spiro atoms. The van der Waals surface area contributed by atoms with Gasteiger partial charge in [0, 0.05) is 6.54 Å². The zero-order valence-electron chi connectivity index (χ0n) is 4.06. The molecule has 3 nitrogen and oxygen atoms in total. The number of amides is 2. The predicted octanol–water partition coefficient (Wildman–Crippen LogP) is 0.150. The second kappa shape index (κ2) is 3.80. The number of hydrogen-bond acceptors (Lipinski definition) is 2. The van der Waals surface area contributed by atoms with Crippen LogP contribution >= 0.6 is 12.8 Å². The lowest BCUT2D eigenvalue weighted by Crippen LogP contribution is -2.29. The first-order valence-corrected chi connectivity index (χ1v) is 2.44. The molecule has 0 saturated heterocycles. The summed E-state index contributed by atoms with van der Waals surface area (Å²) in [5, 5.41) is 2.47. The number of rotatable bonds is 1. The third-order valence-corrected chi connectivity index (χ3v) is 0.642. The van der Waals surface area contributed by atoms with Gasteiger partial charge in [0.1, 0.15) is 0 Å². The monoisotopic (exact) mass is 120 g/mol. The van der Waals surface area contributed by atoms with Crippen LogP contribution in [0.3, 0.4) is 0 Å². The molecule has 0 aliphatic rings. The maximum atomic E-state index is 10.1. The summed E-state index contributed by atoms with van der Waals surface area (Å²) in [6, 6.07) is -0.258. The first-order chi connectivity index (χ1) is 3.31. The number of nitrogens with one attached hydrogen (secondary N) is 2. The van der Waals surface area contributed by atoms with Gasteiger partial charge in [-0.2, -0.15) is 0 Å². The topological polar surface area (TPSA) is 41.1 Å². The van der Waals surface area contributed by atoms with Crippen molar-refractivity contribution in [3.63, 3.8) is 0 Å². The molecular formula is C3H8N2OS. The fraction of sp³-hybridized carbons (Fsp3) is 0.667. The van der Waals surface area contributed by atoms with E-state index in [2.05, 4.69) is 22.9 Å². The summed E-state index contributed by atoms with van der Waals surface area (Å²) in [6.07, 6.45) is 0. The zero-order chi connectivity index (χ0) is 5.70. The lowest BCUT2D eigenvalue weighted by molar-refractivity contribution is 0.247. The SMILES string of the molecule is CCNC(=O)NS. The van der Waals surface area contributed by atoms with E-state index < -0.39 is 0 Å². The van der Waals surface area contributed by atoms with E-state index in [1.54, 1.807) is 0 Å². The van der Waals surface area contributed by atoms with Crippen LogP contribution in [0.15, 0.2) is 0 Å². The third kappa shape index (κ3) is 3.45. The molecule has 42 valence electrons. The quantitative estimate of drug-likeness (QED) is 0.424. The van der Waals surface area contributed by atoms with Gasteiger partial charge in [-0.25, -0.2) is 4.79 Å². The first-order valence-electron chi connectivity index (χ1n) is 1.99. The molecule has 0 aromatic heterocycles. The molecule has 0 aliphatic carbocycles. The second-order valence-electron chi connectivity index (χ2n) is 0.971. The van der Waals surface area contributed by atoms with Gasteiger partial charge in [0.2, 0.25) is 0 Å². The fourth-order valence-corrected chi connectivity index (χ4v) is 0.279. The summed E-state index contributed by atoms with van der Waals surface area (Å²) in [6.45, 7) is 2.47. The molecule has 2 N–H and O–H groups in total. The van der Waals surface area contributed by atoms with E-state index in [0.717, 1.165) is 0 Å². The van der Waals surface area contributed by atoms with Gasteiger partial charge in [-0.3, -0.25) is 4.72 Å². The van der Waals surface area contributed by atoms with Crippen LogP contribution < -0.4 is 10.0 Å². The average molecular weight is 120 g/mol. The third-order valence-electron chi connectivity index (χ3n) is 0.439. The van der Waals surface area contributed by atoms with Crippen molar-refractivity contribution in [3.8, 4) is 0 Å². The predicted molar refractivity (Wildman–Crippen MR) is 31.2 cm³/mol. The molecule has 7 heavy (non-hydrogen) atoms. The number of carbonyl (C=O) groups is 1. The molecule has 0 rings (SSSR count). The van der Waals surface area contributed by atoms with Gasteiger partial charge in [0.05, 0.1) is 0 Å². The van der Waals surface area contributed by atoms with Crippen molar-refractivity contribution in [1.82, 2.24) is 10.0 Å². The summed E-state index contributed by atoms with van der Waals surface area (Å²) in [5.41, 5.74) is 0. The Morgan fingerprint density at radius 3 is 2.57 bits per heavy atom. The summed E-state index contributed by atoms with van der Waals surface area (Å²) in [5.74, 6) is 0. The van der Waals surface area contributed by atoms with Gasteiger partial charge >= 0.3 is 6.03 Å². The number of hydrogen-bond donors (Lipinski definition) is 3.